The van der Waals surface area contributed by atoms with Crippen LogP contribution in [0.25, 0.3) is 11.3 Å². The van der Waals surface area contributed by atoms with Gasteiger partial charge in [0.25, 0.3) is 5.91 Å². The molecule has 0 saturated heterocycles. The summed E-state index contributed by atoms with van der Waals surface area (Å²) < 4.78 is 9.60. The van der Waals surface area contributed by atoms with Crippen molar-refractivity contribution in [1.29, 1.82) is 0 Å². The number of hydrogen-bond donors (Lipinski definition) is 3. The Balaban J connectivity index is 1.20. The molecule has 2 aromatic heterocycles. The number of aryl methyl sites for hydroxylation is 2. The highest BCUT2D eigenvalue weighted by Crippen LogP contribution is 2.49. The molecule has 4 aromatic rings. The Labute approximate surface area is 285 Å². The Morgan fingerprint density at radius 3 is 2.54 bits per heavy atom. The average Bonchev–Trinajstić information content (AvgIpc) is 3.70. The molecule has 250 valence electrons. The number of benzene rings is 2. The van der Waals surface area contributed by atoms with Crippen LogP contribution in [0.2, 0.25) is 0 Å². The van der Waals surface area contributed by atoms with E-state index in [4.69, 9.17) is 9.72 Å². The monoisotopic (exact) mass is 667 g/mol. The quantitative estimate of drug-likeness (QED) is 0.128. The molecule has 1 unspecified atom stereocenters. The SMILES string of the molecule is Cc1cccc(C)c1-c1cc(OCC(CC2(C)CC2)NCc2cnc3c(n2)C(=O)N(C(C)C)C3)nc(NSc2cccc(C(=O)O)c2)n1. The maximum atomic E-state index is 12.9. The van der Waals surface area contributed by atoms with Crippen LogP contribution in [-0.4, -0.2) is 60.5 Å². The zero-order chi connectivity index (χ0) is 34.0. The summed E-state index contributed by atoms with van der Waals surface area (Å²) in [7, 11) is 0. The van der Waals surface area contributed by atoms with Crippen LogP contribution in [0.4, 0.5) is 5.95 Å². The smallest absolute Gasteiger partial charge is 0.335 e. The van der Waals surface area contributed by atoms with Gasteiger partial charge in [-0.2, -0.15) is 4.98 Å². The Kier molecular flexibility index (Phi) is 9.66. The molecule has 2 aliphatic rings. The molecule has 1 aliphatic heterocycles. The van der Waals surface area contributed by atoms with Gasteiger partial charge in [0.15, 0.2) is 5.69 Å². The number of fused-ring (bicyclic) bond motifs is 1. The first kappa shape index (κ1) is 33.4. The summed E-state index contributed by atoms with van der Waals surface area (Å²) >= 11 is 1.24. The molecule has 1 aliphatic carbocycles. The molecule has 1 saturated carbocycles. The fraction of sp³-hybridized carbons (Fsp3) is 0.389. The number of nitrogens with one attached hydrogen (secondary N) is 2. The number of anilines is 1. The molecule has 1 amide bonds. The molecule has 0 bridgehead atoms. The second-order valence-electron chi connectivity index (χ2n) is 13.3. The van der Waals surface area contributed by atoms with Crippen LogP contribution in [0.3, 0.4) is 0 Å². The molecule has 3 heterocycles. The van der Waals surface area contributed by atoms with E-state index < -0.39 is 5.97 Å². The Hall–Kier alpha value is -4.55. The van der Waals surface area contributed by atoms with Gasteiger partial charge in [-0.1, -0.05) is 31.2 Å². The van der Waals surface area contributed by atoms with Crippen LogP contribution >= 0.6 is 11.9 Å². The molecular weight excluding hydrogens is 627 g/mol. The van der Waals surface area contributed by atoms with Crippen molar-refractivity contribution in [2.75, 3.05) is 11.3 Å². The molecule has 2 aromatic carbocycles. The third-order valence-corrected chi connectivity index (χ3v) is 9.71. The van der Waals surface area contributed by atoms with Crippen LogP contribution in [0.5, 0.6) is 5.88 Å². The first-order chi connectivity index (χ1) is 23.0. The van der Waals surface area contributed by atoms with Crippen LogP contribution < -0.4 is 14.8 Å². The summed E-state index contributed by atoms with van der Waals surface area (Å²) in [6.45, 7) is 11.7. The highest BCUT2D eigenvalue weighted by molar-refractivity contribution is 8.00. The Morgan fingerprint density at radius 2 is 1.83 bits per heavy atom. The molecule has 3 N–H and O–H groups in total. The van der Waals surface area contributed by atoms with Gasteiger partial charge in [-0.15, -0.1) is 0 Å². The van der Waals surface area contributed by atoms with Crippen molar-refractivity contribution in [3.8, 4) is 17.1 Å². The average molecular weight is 668 g/mol. The third kappa shape index (κ3) is 7.77. The second kappa shape index (κ2) is 13.9. The molecule has 0 radical (unpaired) electrons. The maximum absolute atomic E-state index is 12.9. The maximum Gasteiger partial charge on any atom is 0.335 e. The third-order valence-electron chi connectivity index (χ3n) is 8.93. The molecule has 11 nitrogen and oxygen atoms in total. The van der Waals surface area contributed by atoms with Crippen molar-refractivity contribution in [2.24, 2.45) is 5.41 Å². The molecule has 12 heteroatoms. The predicted molar refractivity (Wildman–Crippen MR) is 185 cm³/mol. The zero-order valence-electron chi connectivity index (χ0n) is 27.9. The number of aromatic carboxylic acids is 1. The van der Waals surface area contributed by atoms with E-state index in [9.17, 15) is 14.7 Å². The minimum Gasteiger partial charge on any atom is -0.478 e. The van der Waals surface area contributed by atoms with Gasteiger partial charge in [0.05, 0.1) is 35.4 Å². The van der Waals surface area contributed by atoms with Crippen molar-refractivity contribution >= 4 is 29.8 Å². The first-order valence-corrected chi connectivity index (χ1v) is 17.0. The van der Waals surface area contributed by atoms with Crippen molar-refractivity contribution in [2.45, 2.75) is 83.9 Å². The lowest BCUT2D eigenvalue weighted by Crippen LogP contribution is -2.36. The number of carbonyl (C=O) groups is 2. The first-order valence-electron chi connectivity index (χ1n) is 16.2. The van der Waals surface area contributed by atoms with Crippen molar-refractivity contribution in [3.63, 3.8) is 0 Å². The van der Waals surface area contributed by atoms with Crippen LogP contribution in [0.15, 0.2) is 59.6 Å². The number of carboxylic acid groups (broad SMARTS) is 1. The molecule has 1 atom stereocenters. The lowest BCUT2D eigenvalue weighted by molar-refractivity contribution is 0.0694. The standard InChI is InChI=1S/C36H41N7O4S/c1-21(2)43-19-29-32(33(43)44)39-26(18-38-29)17-37-25(16-36(5)12-13-36)20-47-30-15-28(31-22(3)8-6-9-23(31)4)40-35(41-30)42-48-27-11-7-10-24(14-27)34(45)46/h6-11,14-15,18,21,25,37H,12-13,16-17,19-20H2,1-5H3,(H,45,46)(H,40,41,42). The topological polar surface area (TPSA) is 142 Å². The molecular formula is C36H41N7O4S. The summed E-state index contributed by atoms with van der Waals surface area (Å²) in [6.07, 6.45) is 5.01. The number of amides is 1. The van der Waals surface area contributed by atoms with Crippen molar-refractivity contribution in [3.05, 3.63) is 88.5 Å². The van der Waals surface area contributed by atoms with Gasteiger partial charge < -0.3 is 20.1 Å². The number of carbonyl (C=O) groups excluding carboxylic acids is 1. The van der Waals surface area contributed by atoms with E-state index in [-0.39, 0.29) is 29.0 Å². The van der Waals surface area contributed by atoms with Gasteiger partial charge in [0.2, 0.25) is 11.8 Å². The van der Waals surface area contributed by atoms with Crippen LogP contribution in [0, 0.1) is 19.3 Å². The van der Waals surface area contributed by atoms with Crippen molar-refractivity contribution in [1.82, 2.24) is 30.2 Å². The normalized spacial score (nSPS) is 15.4. The van der Waals surface area contributed by atoms with Gasteiger partial charge in [-0.05, 0) is 93.6 Å². The lowest BCUT2D eigenvalue weighted by atomic mass is 9.99. The molecule has 48 heavy (non-hydrogen) atoms. The van der Waals surface area contributed by atoms with Gasteiger partial charge in [-0.25, -0.2) is 14.8 Å². The number of nitrogens with zero attached hydrogens (tertiary/aromatic N) is 5. The fourth-order valence-electron chi connectivity index (χ4n) is 5.93. The molecule has 6 rings (SSSR count). The lowest BCUT2D eigenvalue weighted by Gasteiger charge is -2.22. The summed E-state index contributed by atoms with van der Waals surface area (Å²) in [5.74, 6) is -0.281. The van der Waals surface area contributed by atoms with E-state index in [0.29, 0.717) is 47.8 Å². The highest BCUT2D eigenvalue weighted by Gasteiger charge is 2.39. The summed E-state index contributed by atoms with van der Waals surface area (Å²) in [6, 6.07) is 14.8. The van der Waals surface area contributed by atoms with Crippen molar-refractivity contribution < 1.29 is 19.4 Å². The minimum atomic E-state index is -0.987. The summed E-state index contributed by atoms with van der Waals surface area (Å²) in [5, 5.41) is 13.0. The fourth-order valence-corrected chi connectivity index (χ4v) is 6.57. The summed E-state index contributed by atoms with van der Waals surface area (Å²) in [4.78, 5) is 45.6. The van der Waals surface area contributed by atoms with E-state index >= 15 is 0 Å². The van der Waals surface area contributed by atoms with Gasteiger partial charge in [-0.3, -0.25) is 14.5 Å². The number of hydrogen-bond acceptors (Lipinski definition) is 10. The van der Waals surface area contributed by atoms with Gasteiger partial charge in [0, 0.05) is 35.2 Å². The van der Waals surface area contributed by atoms with E-state index in [1.807, 2.05) is 32.0 Å². The minimum absolute atomic E-state index is 0.00132. The number of ether oxygens (including phenoxy) is 1. The van der Waals surface area contributed by atoms with Crippen LogP contribution in [-0.2, 0) is 13.1 Å². The highest BCUT2D eigenvalue weighted by atomic mass is 32.2. The number of aromatic nitrogens is 4. The number of carboxylic acids is 1. The zero-order valence-corrected chi connectivity index (χ0v) is 28.7. The number of rotatable bonds is 14. The van der Waals surface area contributed by atoms with E-state index in [1.54, 1.807) is 29.3 Å². The molecule has 0 spiro atoms. The summed E-state index contributed by atoms with van der Waals surface area (Å²) in [5.41, 5.74) is 6.24. The van der Waals surface area contributed by atoms with E-state index in [2.05, 4.69) is 57.9 Å². The van der Waals surface area contributed by atoms with Crippen LogP contribution in [0.1, 0.15) is 83.4 Å². The van der Waals surface area contributed by atoms with Gasteiger partial charge >= 0.3 is 5.97 Å². The predicted octanol–water partition coefficient (Wildman–Crippen LogP) is 6.46. The largest absolute Gasteiger partial charge is 0.478 e. The van der Waals surface area contributed by atoms with Gasteiger partial charge in [0.1, 0.15) is 6.61 Å². The molecule has 1 fully saturated rings. The Morgan fingerprint density at radius 1 is 1.08 bits per heavy atom. The second-order valence-corrected chi connectivity index (χ2v) is 14.2. The van der Waals surface area contributed by atoms with E-state index in [0.717, 1.165) is 34.5 Å². The van der Waals surface area contributed by atoms with E-state index in [1.165, 1.54) is 24.8 Å². The Bertz CT molecular complexity index is 1830.